The molecule has 0 radical (unpaired) electrons. The largest absolute Gasteiger partial charge is 0.388 e. The molecule has 4 unspecified atom stereocenters. The first-order valence-electron chi connectivity index (χ1n) is 5.62. The highest BCUT2D eigenvalue weighted by Gasteiger charge is 2.38. The summed E-state index contributed by atoms with van der Waals surface area (Å²) in [6, 6.07) is 0. The van der Waals surface area contributed by atoms with Gasteiger partial charge in [0.05, 0.1) is 6.61 Å². The van der Waals surface area contributed by atoms with Gasteiger partial charge < -0.3 is 25.0 Å². The van der Waals surface area contributed by atoms with Crippen molar-refractivity contribution in [3.63, 3.8) is 0 Å². The zero-order chi connectivity index (χ0) is 13.0. The van der Waals surface area contributed by atoms with E-state index in [1.165, 1.54) is 11.8 Å². The summed E-state index contributed by atoms with van der Waals surface area (Å²) in [5.74, 6) is 0. The topological polar surface area (TPSA) is 73.2 Å². The molecule has 5 nitrogen and oxygen atoms in total. The highest BCUT2D eigenvalue weighted by Crippen LogP contribution is 2.26. The summed E-state index contributed by atoms with van der Waals surface area (Å²) in [6.07, 6.45) is -3.35. The molecule has 17 heavy (non-hydrogen) atoms. The Kier molecular flexibility index (Phi) is 6.11. The predicted octanol–water partition coefficient (Wildman–Crippen LogP) is -0.215. The summed E-state index contributed by atoms with van der Waals surface area (Å²) < 4.78 is 5.90. The Hall–Kier alpha value is 0.0800. The van der Waals surface area contributed by atoms with E-state index in [0.29, 0.717) is 4.32 Å². The lowest BCUT2D eigenvalue weighted by atomic mass is 10.1. The molecule has 0 spiro atoms. The highest BCUT2D eigenvalue weighted by molar-refractivity contribution is 8.23. The Morgan fingerprint density at radius 1 is 1.29 bits per heavy atom. The second-order valence-electron chi connectivity index (χ2n) is 3.81. The van der Waals surface area contributed by atoms with Gasteiger partial charge in [-0.3, -0.25) is 0 Å². The summed E-state index contributed by atoms with van der Waals surface area (Å²) >= 11 is 6.44. The van der Waals surface area contributed by atoms with Crippen molar-refractivity contribution in [3.05, 3.63) is 0 Å². The fourth-order valence-corrected chi connectivity index (χ4v) is 3.13. The summed E-state index contributed by atoms with van der Waals surface area (Å²) in [4.78, 5) is 1.97. The first-order chi connectivity index (χ1) is 8.01. The maximum atomic E-state index is 9.75. The van der Waals surface area contributed by atoms with Crippen LogP contribution in [0, 0.1) is 0 Å². The number of hydrogen-bond donors (Lipinski definition) is 3. The van der Waals surface area contributed by atoms with Crippen molar-refractivity contribution in [3.8, 4) is 0 Å². The molecule has 1 saturated heterocycles. The average Bonchev–Trinajstić information content (AvgIpc) is 2.31. The van der Waals surface area contributed by atoms with E-state index >= 15 is 0 Å². The highest BCUT2D eigenvalue weighted by atomic mass is 32.2. The Morgan fingerprint density at radius 2 is 1.88 bits per heavy atom. The molecule has 7 heteroatoms. The molecular weight excluding hydrogens is 262 g/mol. The van der Waals surface area contributed by atoms with Gasteiger partial charge in [-0.15, -0.1) is 0 Å². The lowest BCUT2D eigenvalue weighted by molar-refractivity contribution is -0.161. The molecule has 1 fully saturated rings. The van der Waals surface area contributed by atoms with Gasteiger partial charge in [0.2, 0.25) is 0 Å². The van der Waals surface area contributed by atoms with Crippen LogP contribution in [0.2, 0.25) is 0 Å². The monoisotopic (exact) mass is 281 g/mol. The van der Waals surface area contributed by atoms with Crippen LogP contribution in [0.15, 0.2) is 0 Å². The van der Waals surface area contributed by atoms with Gasteiger partial charge in [0, 0.05) is 13.1 Å². The quantitative estimate of drug-likeness (QED) is 0.618. The number of hydrogen-bond acceptors (Lipinski definition) is 6. The van der Waals surface area contributed by atoms with Crippen molar-refractivity contribution in [1.82, 2.24) is 4.90 Å². The van der Waals surface area contributed by atoms with Crippen LogP contribution in [0.1, 0.15) is 13.8 Å². The average molecular weight is 281 g/mol. The van der Waals surface area contributed by atoms with Crippen LogP contribution in [-0.4, -0.2) is 68.0 Å². The zero-order valence-electron chi connectivity index (χ0n) is 9.94. The van der Waals surface area contributed by atoms with E-state index < -0.39 is 23.7 Å². The summed E-state index contributed by atoms with van der Waals surface area (Å²) in [5.41, 5.74) is -0.624. The van der Waals surface area contributed by atoms with Gasteiger partial charge in [0.25, 0.3) is 0 Å². The van der Waals surface area contributed by atoms with Crippen LogP contribution < -0.4 is 0 Å². The molecule has 0 aromatic rings. The molecule has 0 amide bonds. The summed E-state index contributed by atoms with van der Waals surface area (Å²) in [6.45, 7) is 5.57. The number of rotatable bonds is 3. The zero-order valence-corrected chi connectivity index (χ0v) is 11.6. The number of aliphatic hydroxyl groups excluding tert-OH is 3. The second kappa shape index (κ2) is 6.86. The van der Waals surface area contributed by atoms with Crippen LogP contribution in [-0.2, 0) is 4.74 Å². The van der Waals surface area contributed by atoms with Crippen molar-refractivity contribution in [2.24, 2.45) is 0 Å². The molecule has 0 aromatic carbocycles. The molecule has 1 aliphatic heterocycles. The molecule has 4 atom stereocenters. The number of thioether (sulfide) groups is 1. The summed E-state index contributed by atoms with van der Waals surface area (Å²) in [7, 11) is 0. The van der Waals surface area contributed by atoms with Gasteiger partial charge in [-0.1, -0.05) is 24.0 Å². The van der Waals surface area contributed by atoms with Crippen molar-refractivity contribution < 1.29 is 20.1 Å². The molecule has 100 valence electrons. The van der Waals surface area contributed by atoms with Gasteiger partial charge in [-0.25, -0.2) is 0 Å². The third-order valence-corrected chi connectivity index (χ3v) is 4.35. The van der Waals surface area contributed by atoms with Gasteiger partial charge >= 0.3 is 0 Å². The Labute approximate surface area is 111 Å². The number of aliphatic hydroxyl groups is 3. The molecule has 3 N–H and O–H groups in total. The maximum Gasteiger partial charge on any atom is 0.138 e. The van der Waals surface area contributed by atoms with Gasteiger partial charge in [-0.2, -0.15) is 0 Å². The minimum Gasteiger partial charge on any atom is -0.388 e. The van der Waals surface area contributed by atoms with Crippen molar-refractivity contribution >= 4 is 28.3 Å². The summed E-state index contributed by atoms with van der Waals surface area (Å²) in [5, 5.41) is 28.6. The maximum absolute atomic E-state index is 9.75. The normalized spacial score (nSPS) is 33.5. The van der Waals surface area contributed by atoms with Crippen LogP contribution in [0.25, 0.3) is 0 Å². The van der Waals surface area contributed by atoms with E-state index in [4.69, 9.17) is 17.0 Å². The molecule has 0 aliphatic carbocycles. The van der Waals surface area contributed by atoms with E-state index in [-0.39, 0.29) is 6.61 Å². The molecule has 1 heterocycles. The minimum absolute atomic E-state index is 0.0107. The fourth-order valence-electron chi connectivity index (χ4n) is 1.54. The molecule has 0 aromatic heterocycles. The molecular formula is C10H19NO4S2. The Morgan fingerprint density at radius 3 is 2.41 bits per heavy atom. The Bertz CT molecular complexity index is 263. The van der Waals surface area contributed by atoms with Crippen molar-refractivity contribution in [2.45, 2.75) is 37.6 Å². The molecule has 1 aliphatic rings. The van der Waals surface area contributed by atoms with Crippen LogP contribution in [0.4, 0.5) is 0 Å². The van der Waals surface area contributed by atoms with Gasteiger partial charge in [0.1, 0.15) is 28.1 Å². The lowest BCUT2D eigenvalue weighted by Gasteiger charge is -2.35. The standard InChI is InChI=1S/C10H19NO4S2/c1-3-11(4-2)10(16)17-9-8(14)7(13)6(12)5-15-9/h6-9,12-14H,3-5H2,1-2H3. The SMILES string of the molecule is CCN(CC)C(=S)SC1OCC(O)C(O)C1O. The minimum atomic E-state index is -1.18. The Balaban J connectivity index is 2.54. The molecule has 1 rings (SSSR count). The second-order valence-corrected chi connectivity index (χ2v) is 5.54. The van der Waals surface area contributed by atoms with Crippen LogP contribution in [0.3, 0.4) is 0 Å². The van der Waals surface area contributed by atoms with Gasteiger partial charge in [-0.05, 0) is 13.8 Å². The molecule has 0 saturated carbocycles. The predicted molar refractivity (Wildman–Crippen MR) is 70.9 cm³/mol. The van der Waals surface area contributed by atoms with E-state index in [2.05, 4.69) is 0 Å². The smallest absolute Gasteiger partial charge is 0.138 e. The first kappa shape index (κ1) is 15.1. The van der Waals surface area contributed by atoms with Gasteiger partial charge in [0.15, 0.2) is 0 Å². The van der Waals surface area contributed by atoms with Crippen molar-refractivity contribution in [1.29, 1.82) is 0 Å². The van der Waals surface area contributed by atoms with Crippen molar-refractivity contribution in [2.75, 3.05) is 19.7 Å². The number of thiocarbonyl (C=S) groups is 1. The van der Waals surface area contributed by atoms with E-state index in [1.54, 1.807) is 0 Å². The van der Waals surface area contributed by atoms with E-state index in [1.807, 2.05) is 18.7 Å². The fraction of sp³-hybridized carbons (Fsp3) is 0.900. The first-order valence-corrected chi connectivity index (χ1v) is 6.91. The molecule has 0 bridgehead atoms. The van der Waals surface area contributed by atoms with Crippen LogP contribution in [0.5, 0.6) is 0 Å². The van der Waals surface area contributed by atoms with E-state index in [0.717, 1.165) is 13.1 Å². The third kappa shape index (κ3) is 3.77. The number of nitrogens with zero attached hydrogens (tertiary/aromatic N) is 1. The number of ether oxygens (including phenoxy) is 1. The van der Waals surface area contributed by atoms with E-state index in [9.17, 15) is 15.3 Å². The third-order valence-electron chi connectivity index (χ3n) is 2.69. The lowest BCUT2D eigenvalue weighted by Crippen LogP contribution is -2.52. The van der Waals surface area contributed by atoms with Crippen LogP contribution >= 0.6 is 24.0 Å².